The molecule has 204 valence electrons. The maximum atomic E-state index is 12.4. The number of cyclic esters (lactones) is 1. The molecule has 38 heavy (non-hydrogen) atoms. The lowest BCUT2D eigenvalue weighted by Crippen LogP contribution is -2.60. The molecule has 1 aromatic rings. The summed E-state index contributed by atoms with van der Waals surface area (Å²) >= 11 is 0. The molecule has 0 aromatic heterocycles. The summed E-state index contributed by atoms with van der Waals surface area (Å²) in [7, 11) is 1.48. The number of carbonyl (C=O) groups excluding carboxylic acids is 1. The van der Waals surface area contributed by atoms with Crippen molar-refractivity contribution >= 4 is 5.97 Å². The van der Waals surface area contributed by atoms with Gasteiger partial charge in [0.05, 0.1) is 19.8 Å². The van der Waals surface area contributed by atoms with Crippen molar-refractivity contribution < 1.29 is 29.2 Å². The third kappa shape index (κ3) is 3.93. The number of esters is 1. The van der Waals surface area contributed by atoms with Gasteiger partial charge in [0.2, 0.25) is 5.76 Å². The van der Waals surface area contributed by atoms with Crippen LogP contribution in [-0.2, 0) is 19.0 Å². The smallest absolute Gasteiger partial charge is 0.345 e. The number of fused-ring (bicyclic) bond motifs is 4. The van der Waals surface area contributed by atoms with Crippen LogP contribution in [0.4, 0.5) is 0 Å². The Balaban J connectivity index is 1.39. The molecule has 5 aliphatic rings. The maximum absolute atomic E-state index is 12.4. The minimum Gasteiger partial charge on any atom is -0.492 e. The van der Waals surface area contributed by atoms with Crippen molar-refractivity contribution in [3.63, 3.8) is 0 Å². The van der Waals surface area contributed by atoms with Crippen molar-refractivity contribution in [1.29, 1.82) is 0 Å². The van der Waals surface area contributed by atoms with E-state index in [1.54, 1.807) is 0 Å². The van der Waals surface area contributed by atoms with Gasteiger partial charge >= 0.3 is 5.97 Å². The zero-order valence-corrected chi connectivity index (χ0v) is 22.5. The normalized spacial score (nSPS) is 37.6. The molecule has 2 N–H and O–H groups in total. The van der Waals surface area contributed by atoms with Crippen molar-refractivity contribution in [2.45, 2.75) is 70.1 Å². The first-order chi connectivity index (χ1) is 18.5. The number of ether oxygens (including phenoxy) is 3. The molecular weight excluding hydrogens is 482 g/mol. The molecule has 3 fully saturated rings. The van der Waals surface area contributed by atoms with Crippen LogP contribution in [0.2, 0.25) is 0 Å². The van der Waals surface area contributed by atoms with Crippen LogP contribution in [0.15, 0.2) is 65.0 Å². The monoisotopic (exact) mass is 521 g/mol. The number of benzene rings is 1. The fourth-order valence-electron chi connectivity index (χ4n) is 8.22. The summed E-state index contributed by atoms with van der Waals surface area (Å²) in [5.41, 5.74) is 1.53. The highest BCUT2D eigenvalue weighted by molar-refractivity contribution is 5.94. The fraction of sp³-hybridized carbons (Fsp3) is 0.581. The van der Waals surface area contributed by atoms with E-state index in [1.165, 1.54) is 12.7 Å². The predicted molar refractivity (Wildman–Crippen MR) is 141 cm³/mol. The molecule has 1 saturated carbocycles. The van der Waals surface area contributed by atoms with Gasteiger partial charge in [-0.2, -0.15) is 0 Å². The number of piperidine rings is 1. The Labute approximate surface area is 224 Å². The van der Waals surface area contributed by atoms with Gasteiger partial charge in [-0.1, -0.05) is 44.2 Å². The summed E-state index contributed by atoms with van der Waals surface area (Å²) in [5.74, 6) is 2.96. The Morgan fingerprint density at radius 3 is 2.66 bits per heavy atom. The predicted octanol–water partition coefficient (Wildman–Crippen LogP) is 4.24. The quantitative estimate of drug-likeness (QED) is 0.561. The molecule has 4 heterocycles. The van der Waals surface area contributed by atoms with Crippen LogP contribution >= 0.6 is 0 Å². The van der Waals surface area contributed by atoms with Gasteiger partial charge in [-0.25, -0.2) is 4.79 Å². The summed E-state index contributed by atoms with van der Waals surface area (Å²) in [6.07, 6.45) is 6.74. The summed E-state index contributed by atoms with van der Waals surface area (Å²) < 4.78 is 17.6. The van der Waals surface area contributed by atoms with E-state index in [-0.39, 0.29) is 47.1 Å². The van der Waals surface area contributed by atoms with Crippen molar-refractivity contribution in [1.82, 2.24) is 4.90 Å². The number of rotatable bonds is 5. The Bertz CT molecular complexity index is 1170. The fourth-order valence-corrected chi connectivity index (χ4v) is 8.22. The van der Waals surface area contributed by atoms with E-state index in [2.05, 4.69) is 55.2 Å². The van der Waals surface area contributed by atoms with Gasteiger partial charge in [-0.05, 0) is 61.5 Å². The molecule has 8 unspecified atom stereocenters. The lowest BCUT2D eigenvalue weighted by atomic mass is 9.68. The molecule has 4 aliphatic heterocycles. The topological polar surface area (TPSA) is 88.5 Å². The lowest BCUT2D eigenvalue weighted by Gasteiger charge is -2.52. The molecule has 7 nitrogen and oxygen atoms in total. The molecule has 0 spiro atoms. The molecule has 0 radical (unpaired) electrons. The summed E-state index contributed by atoms with van der Waals surface area (Å²) in [5, 5.41) is 21.1. The second-order valence-electron chi connectivity index (χ2n) is 11.5. The molecule has 7 heteroatoms. The van der Waals surface area contributed by atoms with Crippen LogP contribution in [0.1, 0.15) is 57.4 Å². The summed E-state index contributed by atoms with van der Waals surface area (Å²) in [4.78, 5) is 15.0. The number of hydrogen-bond donors (Lipinski definition) is 2. The number of aliphatic hydroxyl groups is 2. The minimum absolute atomic E-state index is 0.0506. The van der Waals surface area contributed by atoms with Crippen molar-refractivity contribution in [3.8, 4) is 0 Å². The third-order valence-corrected chi connectivity index (χ3v) is 9.84. The number of carbonyl (C=O) groups is 1. The van der Waals surface area contributed by atoms with Gasteiger partial charge in [0.25, 0.3) is 0 Å². The van der Waals surface area contributed by atoms with Gasteiger partial charge in [0, 0.05) is 30.5 Å². The van der Waals surface area contributed by atoms with Crippen LogP contribution in [0.3, 0.4) is 0 Å². The van der Waals surface area contributed by atoms with E-state index in [4.69, 9.17) is 14.2 Å². The average molecular weight is 522 g/mol. The van der Waals surface area contributed by atoms with E-state index in [1.807, 2.05) is 0 Å². The second-order valence-corrected chi connectivity index (χ2v) is 11.5. The van der Waals surface area contributed by atoms with Gasteiger partial charge in [-0.3, -0.25) is 4.90 Å². The number of aliphatic hydroxyl groups excluding tert-OH is 2. The highest BCUT2D eigenvalue weighted by Crippen LogP contribution is 2.57. The third-order valence-electron chi connectivity index (χ3n) is 9.84. The van der Waals surface area contributed by atoms with E-state index >= 15 is 0 Å². The van der Waals surface area contributed by atoms with Crippen LogP contribution < -0.4 is 0 Å². The van der Waals surface area contributed by atoms with Crippen molar-refractivity contribution in [2.75, 3.05) is 20.3 Å². The van der Waals surface area contributed by atoms with E-state index in [0.717, 1.165) is 44.4 Å². The van der Waals surface area contributed by atoms with Crippen LogP contribution in [0.5, 0.6) is 0 Å². The maximum Gasteiger partial charge on any atom is 0.345 e. The largest absolute Gasteiger partial charge is 0.492 e. The van der Waals surface area contributed by atoms with Crippen LogP contribution in [0, 0.1) is 23.7 Å². The summed E-state index contributed by atoms with van der Waals surface area (Å²) in [6.45, 7) is 4.68. The SMILES string of the molecule is CCC(O)C1C2CCC(c3ccccc3)C2CC2C3C(=CCCN21)OC(=C1OC(=O)C(CO)=C1OC)C3C. The molecular formula is C31H39NO6. The zero-order valence-electron chi connectivity index (χ0n) is 22.5. The first kappa shape index (κ1) is 25.7. The van der Waals surface area contributed by atoms with Gasteiger partial charge < -0.3 is 24.4 Å². The van der Waals surface area contributed by atoms with Crippen LogP contribution in [-0.4, -0.2) is 59.5 Å². The Kier molecular flexibility index (Phi) is 6.87. The van der Waals surface area contributed by atoms with Crippen molar-refractivity contribution in [3.05, 3.63) is 70.6 Å². The molecule has 1 aromatic carbocycles. The molecule has 2 saturated heterocycles. The average Bonchev–Trinajstić information content (AvgIpc) is 3.56. The number of hydrogen-bond acceptors (Lipinski definition) is 7. The van der Waals surface area contributed by atoms with E-state index < -0.39 is 12.6 Å². The van der Waals surface area contributed by atoms with Crippen molar-refractivity contribution in [2.24, 2.45) is 23.7 Å². The Morgan fingerprint density at radius 2 is 1.95 bits per heavy atom. The first-order valence-corrected chi connectivity index (χ1v) is 14.2. The van der Waals surface area contributed by atoms with Crippen LogP contribution in [0.25, 0.3) is 0 Å². The summed E-state index contributed by atoms with van der Waals surface area (Å²) in [6, 6.07) is 11.2. The number of allylic oxidation sites excluding steroid dienone is 1. The first-order valence-electron chi connectivity index (χ1n) is 14.2. The number of methoxy groups -OCH3 is 1. The van der Waals surface area contributed by atoms with E-state index in [0.29, 0.717) is 23.5 Å². The van der Waals surface area contributed by atoms with Gasteiger partial charge in [-0.15, -0.1) is 0 Å². The molecule has 8 atom stereocenters. The standard InChI is InChI=1S/C31H39NO6/c1-4-24(34)27-20-13-12-19(18-9-6-5-7-10-18)21(20)15-23-26-17(2)28(37-25(26)11-8-14-32(23)27)30-29(36-3)22(16-33)31(35)38-30/h5-7,9-11,17,19-21,23-24,26-27,33-34H,4,8,12-16H2,1-3H3. The van der Waals surface area contributed by atoms with Gasteiger partial charge in [0.15, 0.2) is 11.5 Å². The number of nitrogens with zero attached hydrogens (tertiary/aromatic N) is 1. The molecule has 0 bridgehead atoms. The molecule has 0 amide bonds. The van der Waals surface area contributed by atoms with E-state index in [9.17, 15) is 15.0 Å². The Morgan fingerprint density at radius 1 is 1.16 bits per heavy atom. The highest BCUT2D eigenvalue weighted by atomic mass is 16.6. The second kappa shape index (κ2) is 10.2. The molecule has 1 aliphatic carbocycles. The zero-order chi connectivity index (χ0) is 26.6. The highest BCUT2D eigenvalue weighted by Gasteiger charge is 2.56. The lowest BCUT2D eigenvalue weighted by molar-refractivity contribution is -0.133. The van der Waals surface area contributed by atoms with Gasteiger partial charge in [0.1, 0.15) is 11.3 Å². The Hall–Kier alpha value is -2.61. The molecule has 6 rings (SSSR count). The minimum atomic E-state index is -0.589.